The number of guanidine groups is 1. The number of halogens is 1. The topological polar surface area (TPSA) is 79.5 Å². The van der Waals surface area contributed by atoms with Gasteiger partial charge in [-0.15, -0.1) is 0 Å². The Kier molecular flexibility index (Phi) is 7.18. The summed E-state index contributed by atoms with van der Waals surface area (Å²) in [5, 5.41) is 7.13. The number of hydrogen-bond acceptors (Lipinski definition) is 2. The van der Waals surface area contributed by atoms with Crippen LogP contribution in [0.2, 0.25) is 5.02 Å². The smallest absolute Gasteiger partial charge is 0.224 e. The summed E-state index contributed by atoms with van der Waals surface area (Å²) in [6.45, 7) is 7.38. The summed E-state index contributed by atoms with van der Waals surface area (Å²) in [4.78, 5) is 15.7. The first-order chi connectivity index (χ1) is 10.3. The molecule has 0 aliphatic rings. The minimum absolute atomic E-state index is 0.342. The Morgan fingerprint density at radius 3 is 2.68 bits per heavy atom. The molecule has 0 unspecified atom stereocenters. The van der Waals surface area contributed by atoms with E-state index in [1.54, 1.807) is 13.8 Å². The Balaban J connectivity index is 2.55. The Morgan fingerprint density at radius 2 is 2.09 bits per heavy atom. The molecular formula is C16H25ClN4O. The van der Waals surface area contributed by atoms with Crippen LogP contribution in [0.5, 0.6) is 0 Å². The molecule has 0 bridgehead atoms. The molecule has 1 rings (SSSR count). The van der Waals surface area contributed by atoms with Crippen LogP contribution in [0.1, 0.15) is 26.3 Å². The highest BCUT2D eigenvalue weighted by Crippen LogP contribution is 2.14. The van der Waals surface area contributed by atoms with E-state index in [0.717, 1.165) is 30.1 Å². The minimum atomic E-state index is -0.657. The van der Waals surface area contributed by atoms with Crippen LogP contribution < -0.4 is 16.4 Å². The predicted molar refractivity (Wildman–Crippen MR) is 92.1 cm³/mol. The van der Waals surface area contributed by atoms with Gasteiger partial charge in [-0.2, -0.15) is 0 Å². The van der Waals surface area contributed by atoms with Crippen LogP contribution in [0.25, 0.3) is 0 Å². The van der Waals surface area contributed by atoms with E-state index in [1.165, 1.54) is 0 Å². The molecule has 1 aromatic rings. The summed E-state index contributed by atoms with van der Waals surface area (Å²) in [6.07, 6.45) is 0.837. The van der Waals surface area contributed by atoms with Crippen molar-refractivity contribution in [1.29, 1.82) is 0 Å². The van der Waals surface area contributed by atoms with E-state index in [2.05, 4.69) is 15.6 Å². The largest absolute Gasteiger partial charge is 0.369 e. The second-order valence-electron chi connectivity index (χ2n) is 5.75. The van der Waals surface area contributed by atoms with Crippen molar-refractivity contribution in [3.8, 4) is 0 Å². The molecule has 0 aliphatic heterocycles. The Morgan fingerprint density at radius 1 is 1.36 bits per heavy atom. The minimum Gasteiger partial charge on any atom is -0.369 e. The van der Waals surface area contributed by atoms with Gasteiger partial charge in [0.1, 0.15) is 0 Å². The van der Waals surface area contributed by atoms with E-state index in [-0.39, 0.29) is 5.91 Å². The summed E-state index contributed by atoms with van der Waals surface area (Å²) >= 11 is 5.97. The number of rotatable bonds is 7. The SMILES string of the molecule is CCNC(=NCC(C)(C)C(N)=O)NCCc1cccc(Cl)c1. The molecule has 0 saturated carbocycles. The van der Waals surface area contributed by atoms with Gasteiger partial charge in [0, 0.05) is 18.1 Å². The number of nitrogens with one attached hydrogen (secondary N) is 2. The van der Waals surface area contributed by atoms with Crippen molar-refractivity contribution in [3.63, 3.8) is 0 Å². The normalized spacial score (nSPS) is 12.1. The van der Waals surface area contributed by atoms with Gasteiger partial charge < -0.3 is 16.4 Å². The van der Waals surface area contributed by atoms with Crippen LogP contribution >= 0.6 is 11.6 Å². The number of primary amides is 1. The third-order valence-electron chi connectivity index (χ3n) is 3.24. The fourth-order valence-electron chi connectivity index (χ4n) is 1.71. The van der Waals surface area contributed by atoms with Gasteiger partial charge in [0.2, 0.25) is 5.91 Å². The summed E-state index contributed by atoms with van der Waals surface area (Å²) in [7, 11) is 0. The lowest BCUT2D eigenvalue weighted by atomic mass is 9.93. The zero-order valence-electron chi connectivity index (χ0n) is 13.4. The van der Waals surface area contributed by atoms with Crippen molar-refractivity contribution in [2.24, 2.45) is 16.1 Å². The van der Waals surface area contributed by atoms with Crippen molar-refractivity contribution in [2.45, 2.75) is 27.2 Å². The van der Waals surface area contributed by atoms with Crippen molar-refractivity contribution < 1.29 is 4.79 Å². The van der Waals surface area contributed by atoms with Gasteiger partial charge in [-0.05, 0) is 44.9 Å². The zero-order valence-corrected chi connectivity index (χ0v) is 14.2. The molecule has 0 aliphatic carbocycles. The van der Waals surface area contributed by atoms with Crippen molar-refractivity contribution in [1.82, 2.24) is 10.6 Å². The molecule has 1 amide bonds. The summed E-state index contributed by atoms with van der Waals surface area (Å²) < 4.78 is 0. The van der Waals surface area contributed by atoms with Crippen molar-refractivity contribution in [3.05, 3.63) is 34.9 Å². The van der Waals surface area contributed by atoms with Gasteiger partial charge in [0.05, 0.1) is 12.0 Å². The van der Waals surface area contributed by atoms with Gasteiger partial charge in [-0.1, -0.05) is 23.7 Å². The second kappa shape index (κ2) is 8.63. The van der Waals surface area contributed by atoms with Crippen LogP contribution in [0, 0.1) is 5.41 Å². The second-order valence-corrected chi connectivity index (χ2v) is 6.19. The zero-order chi connectivity index (χ0) is 16.6. The monoisotopic (exact) mass is 324 g/mol. The lowest BCUT2D eigenvalue weighted by Gasteiger charge is -2.19. The maximum absolute atomic E-state index is 11.3. The van der Waals surface area contributed by atoms with Gasteiger partial charge in [-0.25, -0.2) is 0 Å². The number of amides is 1. The molecular weight excluding hydrogens is 300 g/mol. The molecule has 0 saturated heterocycles. The van der Waals surface area contributed by atoms with E-state index in [4.69, 9.17) is 17.3 Å². The van der Waals surface area contributed by atoms with Crippen LogP contribution in [-0.2, 0) is 11.2 Å². The Labute approximate surface area is 137 Å². The molecule has 1 aromatic carbocycles. The molecule has 0 radical (unpaired) electrons. The third-order valence-corrected chi connectivity index (χ3v) is 3.47. The predicted octanol–water partition coefficient (Wildman–Crippen LogP) is 1.95. The summed E-state index contributed by atoms with van der Waals surface area (Å²) in [6, 6.07) is 7.78. The number of aliphatic imine (C=N–C) groups is 1. The van der Waals surface area contributed by atoms with E-state index < -0.39 is 5.41 Å². The molecule has 6 heteroatoms. The van der Waals surface area contributed by atoms with Crippen molar-refractivity contribution >= 4 is 23.5 Å². The molecule has 22 heavy (non-hydrogen) atoms. The maximum Gasteiger partial charge on any atom is 0.224 e. The number of nitrogens with zero attached hydrogens (tertiary/aromatic N) is 1. The highest BCUT2D eigenvalue weighted by Gasteiger charge is 2.24. The molecule has 0 aromatic heterocycles. The highest BCUT2D eigenvalue weighted by atomic mass is 35.5. The van der Waals surface area contributed by atoms with E-state index in [9.17, 15) is 4.79 Å². The molecule has 4 N–H and O–H groups in total. The molecule has 0 fully saturated rings. The van der Waals surface area contributed by atoms with Gasteiger partial charge in [-0.3, -0.25) is 9.79 Å². The van der Waals surface area contributed by atoms with Gasteiger partial charge >= 0.3 is 0 Å². The first-order valence-corrected chi connectivity index (χ1v) is 7.79. The quantitative estimate of drug-likeness (QED) is 0.530. The first kappa shape index (κ1) is 18.3. The summed E-state index contributed by atoms with van der Waals surface area (Å²) in [5.41, 5.74) is 5.86. The molecule has 122 valence electrons. The fraction of sp³-hybridized carbons (Fsp3) is 0.500. The number of hydrogen-bond donors (Lipinski definition) is 3. The fourth-order valence-corrected chi connectivity index (χ4v) is 1.93. The van der Waals surface area contributed by atoms with E-state index in [1.807, 2.05) is 31.2 Å². The van der Waals surface area contributed by atoms with Gasteiger partial charge in [0.15, 0.2) is 5.96 Å². The van der Waals surface area contributed by atoms with E-state index >= 15 is 0 Å². The van der Waals surface area contributed by atoms with Crippen LogP contribution in [0.15, 0.2) is 29.3 Å². The molecule has 0 heterocycles. The Hall–Kier alpha value is -1.75. The van der Waals surface area contributed by atoms with Crippen LogP contribution in [-0.4, -0.2) is 31.5 Å². The highest BCUT2D eigenvalue weighted by molar-refractivity contribution is 6.30. The summed E-state index contributed by atoms with van der Waals surface area (Å²) in [5.74, 6) is 0.324. The molecule has 0 atom stereocenters. The lowest BCUT2D eigenvalue weighted by molar-refractivity contribution is -0.125. The average molecular weight is 325 g/mol. The first-order valence-electron chi connectivity index (χ1n) is 7.41. The molecule has 0 spiro atoms. The number of benzene rings is 1. The number of carbonyl (C=O) groups is 1. The number of carbonyl (C=O) groups excluding carboxylic acids is 1. The number of nitrogens with two attached hydrogens (primary N) is 1. The standard InChI is InChI=1S/C16H25ClN4O/c1-4-19-15(21-11-16(2,3)14(18)22)20-9-8-12-6-5-7-13(17)10-12/h5-7,10H,4,8-9,11H2,1-3H3,(H2,18,22)(H2,19,20,21). The third kappa shape index (κ3) is 6.35. The lowest BCUT2D eigenvalue weighted by Crippen LogP contribution is -2.40. The molecule has 5 nitrogen and oxygen atoms in total. The average Bonchev–Trinajstić information content (AvgIpc) is 2.44. The van der Waals surface area contributed by atoms with Crippen LogP contribution in [0.4, 0.5) is 0 Å². The van der Waals surface area contributed by atoms with Crippen molar-refractivity contribution in [2.75, 3.05) is 19.6 Å². The maximum atomic E-state index is 11.3. The van der Waals surface area contributed by atoms with E-state index in [0.29, 0.717) is 12.5 Å². The van der Waals surface area contributed by atoms with Gasteiger partial charge in [0.25, 0.3) is 0 Å². The van der Waals surface area contributed by atoms with Crippen LogP contribution in [0.3, 0.4) is 0 Å². The Bertz CT molecular complexity index is 529.